The lowest BCUT2D eigenvalue weighted by Gasteiger charge is -2.28. The fourth-order valence-electron chi connectivity index (χ4n) is 3.19. The molecule has 0 saturated heterocycles. The second kappa shape index (κ2) is 6.42. The van der Waals surface area contributed by atoms with E-state index in [1.807, 2.05) is 12.1 Å². The van der Waals surface area contributed by atoms with Crippen LogP contribution in [0.25, 0.3) is 0 Å². The van der Waals surface area contributed by atoms with Gasteiger partial charge in [0.2, 0.25) is 0 Å². The van der Waals surface area contributed by atoms with Gasteiger partial charge in [-0.15, -0.1) is 0 Å². The van der Waals surface area contributed by atoms with Crippen LogP contribution in [0.4, 0.5) is 0 Å². The first-order valence-electron chi connectivity index (χ1n) is 7.25. The van der Waals surface area contributed by atoms with Crippen LogP contribution in [-0.4, -0.2) is 20.0 Å². The van der Waals surface area contributed by atoms with Crippen LogP contribution in [0, 0.1) is 0 Å². The summed E-state index contributed by atoms with van der Waals surface area (Å²) in [4.78, 5) is 12.3. The standard InChI is InChI=1S/C18H16Cl2O3/c1-22-12-7-10-6-11(21)8-13(17(10)16(9-12)23-2)18-14(19)4-3-5-15(18)20/h3-5,7,9,13H,6,8H2,1-2H3. The van der Waals surface area contributed by atoms with E-state index in [0.717, 1.165) is 16.7 Å². The number of Topliss-reactive ketones (excluding diaryl/α,β-unsaturated/α-hetero) is 1. The summed E-state index contributed by atoms with van der Waals surface area (Å²) in [5.41, 5.74) is 2.63. The van der Waals surface area contributed by atoms with E-state index in [9.17, 15) is 4.79 Å². The zero-order valence-corrected chi connectivity index (χ0v) is 14.4. The van der Waals surface area contributed by atoms with E-state index < -0.39 is 0 Å². The second-order valence-corrected chi connectivity index (χ2v) is 6.32. The van der Waals surface area contributed by atoms with Gasteiger partial charge in [-0.1, -0.05) is 29.3 Å². The van der Waals surface area contributed by atoms with Crippen molar-refractivity contribution in [2.45, 2.75) is 18.8 Å². The lowest BCUT2D eigenvalue weighted by atomic mass is 9.77. The Hall–Kier alpha value is -1.71. The van der Waals surface area contributed by atoms with Crippen molar-refractivity contribution in [3.05, 3.63) is 57.1 Å². The Balaban J connectivity index is 2.24. The number of halogens is 2. The predicted octanol–water partition coefficient (Wildman–Crippen LogP) is 4.66. The molecule has 0 aliphatic heterocycles. The van der Waals surface area contributed by atoms with Crippen molar-refractivity contribution in [2.24, 2.45) is 0 Å². The van der Waals surface area contributed by atoms with Crippen molar-refractivity contribution in [1.82, 2.24) is 0 Å². The highest BCUT2D eigenvalue weighted by molar-refractivity contribution is 6.36. The van der Waals surface area contributed by atoms with Crippen LogP contribution in [0.15, 0.2) is 30.3 Å². The summed E-state index contributed by atoms with van der Waals surface area (Å²) in [6, 6.07) is 9.08. The van der Waals surface area contributed by atoms with Crippen molar-refractivity contribution in [3.8, 4) is 11.5 Å². The zero-order valence-electron chi connectivity index (χ0n) is 12.9. The van der Waals surface area contributed by atoms with Crippen molar-refractivity contribution >= 4 is 29.0 Å². The van der Waals surface area contributed by atoms with Gasteiger partial charge in [-0.05, 0) is 29.3 Å². The van der Waals surface area contributed by atoms with E-state index in [2.05, 4.69) is 0 Å². The first-order chi connectivity index (χ1) is 11.0. The fourth-order valence-corrected chi connectivity index (χ4v) is 3.85. The molecular weight excluding hydrogens is 335 g/mol. The van der Waals surface area contributed by atoms with Gasteiger partial charge in [0.25, 0.3) is 0 Å². The maximum Gasteiger partial charge on any atom is 0.138 e. The van der Waals surface area contributed by atoms with Gasteiger partial charge < -0.3 is 9.47 Å². The number of rotatable bonds is 3. The van der Waals surface area contributed by atoms with Crippen LogP contribution in [0.1, 0.15) is 29.0 Å². The zero-order chi connectivity index (χ0) is 16.6. The van der Waals surface area contributed by atoms with Crippen molar-refractivity contribution in [1.29, 1.82) is 0 Å². The van der Waals surface area contributed by atoms with E-state index in [1.165, 1.54) is 0 Å². The quantitative estimate of drug-likeness (QED) is 0.807. The van der Waals surface area contributed by atoms with Gasteiger partial charge in [0.1, 0.15) is 17.3 Å². The molecule has 0 aromatic heterocycles. The summed E-state index contributed by atoms with van der Waals surface area (Å²) < 4.78 is 10.8. The number of hydrogen-bond acceptors (Lipinski definition) is 3. The molecule has 3 rings (SSSR count). The van der Waals surface area contributed by atoms with Crippen molar-refractivity contribution in [3.63, 3.8) is 0 Å². The largest absolute Gasteiger partial charge is 0.497 e. The van der Waals surface area contributed by atoms with Gasteiger partial charge in [0.15, 0.2) is 0 Å². The first-order valence-corrected chi connectivity index (χ1v) is 8.01. The molecule has 1 atom stereocenters. The van der Waals surface area contributed by atoms with Crippen LogP contribution in [0.5, 0.6) is 11.5 Å². The van der Waals surface area contributed by atoms with Crippen molar-refractivity contribution in [2.75, 3.05) is 14.2 Å². The smallest absolute Gasteiger partial charge is 0.138 e. The molecule has 0 spiro atoms. The van der Waals surface area contributed by atoms with E-state index in [1.54, 1.807) is 32.4 Å². The maximum absolute atomic E-state index is 12.3. The SMILES string of the molecule is COc1cc2c(c(OC)c1)C(c1c(Cl)cccc1Cl)CC(=O)C2. The monoisotopic (exact) mass is 350 g/mol. The average molecular weight is 351 g/mol. The van der Waals surface area contributed by atoms with Gasteiger partial charge in [-0.25, -0.2) is 0 Å². The lowest BCUT2D eigenvalue weighted by Crippen LogP contribution is -2.21. The second-order valence-electron chi connectivity index (χ2n) is 5.51. The van der Waals surface area contributed by atoms with Gasteiger partial charge >= 0.3 is 0 Å². The summed E-state index contributed by atoms with van der Waals surface area (Å²) >= 11 is 12.7. The molecule has 2 aromatic rings. The van der Waals surface area contributed by atoms with Crippen molar-refractivity contribution < 1.29 is 14.3 Å². The number of ether oxygens (including phenoxy) is 2. The highest BCUT2D eigenvalue weighted by Gasteiger charge is 2.32. The maximum atomic E-state index is 12.3. The highest BCUT2D eigenvalue weighted by Crippen LogP contribution is 2.46. The van der Waals surface area contributed by atoms with Gasteiger partial charge in [0.05, 0.1) is 14.2 Å². The predicted molar refractivity (Wildman–Crippen MR) is 91.2 cm³/mol. The lowest BCUT2D eigenvalue weighted by molar-refractivity contribution is -0.119. The molecule has 0 radical (unpaired) electrons. The molecule has 0 saturated carbocycles. The third kappa shape index (κ3) is 2.91. The molecule has 0 N–H and O–H groups in total. The number of benzene rings is 2. The molecule has 2 aromatic carbocycles. The minimum absolute atomic E-state index is 0.147. The molecule has 120 valence electrons. The Kier molecular flexibility index (Phi) is 4.51. The Morgan fingerprint density at radius 2 is 1.74 bits per heavy atom. The van der Waals surface area contributed by atoms with E-state index in [4.69, 9.17) is 32.7 Å². The molecule has 1 unspecified atom stereocenters. The highest BCUT2D eigenvalue weighted by atomic mass is 35.5. The summed E-state index contributed by atoms with van der Waals surface area (Å²) in [5, 5.41) is 1.11. The summed E-state index contributed by atoms with van der Waals surface area (Å²) in [5.74, 6) is 1.29. The van der Waals surface area contributed by atoms with Gasteiger partial charge in [0, 0.05) is 40.4 Å². The molecule has 1 aliphatic rings. The Bertz CT molecular complexity index is 751. The fraction of sp³-hybridized carbons (Fsp3) is 0.278. The average Bonchev–Trinajstić information content (AvgIpc) is 2.53. The van der Waals surface area contributed by atoms with Gasteiger partial charge in [-0.2, -0.15) is 0 Å². The van der Waals surface area contributed by atoms with Crippen LogP contribution in [0.3, 0.4) is 0 Å². The number of ketones is 1. The van der Waals surface area contributed by atoms with E-state index in [-0.39, 0.29) is 11.7 Å². The molecule has 0 heterocycles. The summed E-state index contributed by atoms with van der Waals surface area (Å²) in [6.45, 7) is 0. The third-order valence-corrected chi connectivity index (χ3v) is 4.83. The van der Waals surface area contributed by atoms with E-state index >= 15 is 0 Å². The van der Waals surface area contributed by atoms with Crippen LogP contribution in [0.2, 0.25) is 10.0 Å². The number of fused-ring (bicyclic) bond motifs is 1. The Labute approximate surface area is 145 Å². The number of hydrogen-bond donors (Lipinski definition) is 0. The normalized spacial score (nSPS) is 16.9. The summed E-state index contributed by atoms with van der Waals surface area (Å²) in [7, 11) is 3.20. The molecule has 23 heavy (non-hydrogen) atoms. The topological polar surface area (TPSA) is 35.5 Å². The van der Waals surface area contributed by atoms with Crippen LogP contribution in [-0.2, 0) is 11.2 Å². The number of methoxy groups -OCH3 is 2. The Morgan fingerprint density at radius 3 is 2.35 bits per heavy atom. The van der Waals surface area contributed by atoms with Gasteiger partial charge in [-0.3, -0.25) is 4.79 Å². The van der Waals surface area contributed by atoms with E-state index in [0.29, 0.717) is 34.4 Å². The Morgan fingerprint density at radius 1 is 1.04 bits per heavy atom. The third-order valence-electron chi connectivity index (χ3n) is 4.17. The number of carbonyl (C=O) groups is 1. The minimum atomic E-state index is -0.215. The molecule has 0 amide bonds. The molecule has 0 fully saturated rings. The molecule has 3 nitrogen and oxygen atoms in total. The number of carbonyl (C=O) groups excluding carboxylic acids is 1. The molecule has 1 aliphatic carbocycles. The summed E-state index contributed by atoms with van der Waals surface area (Å²) in [6.07, 6.45) is 0.723. The molecule has 5 heteroatoms. The van der Waals surface area contributed by atoms with Crippen LogP contribution < -0.4 is 9.47 Å². The molecule has 0 bridgehead atoms. The first kappa shape index (κ1) is 16.2. The molecular formula is C18H16Cl2O3. The van der Waals surface area contributed by atoms with Crippen LogP contribution >= 0.6 is 23.2 Å². The minimum Gasteiger partial charge on any atom is -0.497 e.